The fraction of sp³-hybridized carbons (Fsp3) is 0.375. The van der Waals surface area contributed by atoms with Gasteiger partial charge in [-0.25, -0.2) is 4.79 Å². The summed E-state index contributed by atoms with van der Waals surface area (Å²) in [4.78, 5) is 39.5. The van der Waals surface area contributed by atoms with E-state index in [4.69, 9.17) is 0 Å². The van der Waals surface area contributed by atoms with Crippen LogP contribution in [0.3, 0.4) is 0 Å². The van der Waals surface area contributed by atoms with Crippen LogP contribution in [0.25, 0.3) is 0 Å². The van der Waals surface area contributed by atoms with Crippen LogP contribution < -0.4 is 10.6 Å². The van der Waals surface area contributed by atoms with Gasteiger partial charge in [-0.15, -0.1) is 11.8 Å². The van der Waals surface area contributed by atoms with Crippen LogP contribution >= 0.6 is 11.8 Å². The smallest absolute Gasteiger partial charge is 0.411 e. The van der Waals surface area contributed by atoms with Gasteiger partial charge in [-0.2, -0.15) is 0 Å². The Labute approximate surface area is 192 Å². The van der Waals surface area contributed by atoms with E-state index in [0.717, 1.165) is 17.7 Å². The molecule has 32 heavy (non-hydrogen) atoms. The second kappa shape index (κ2) is 11.6. The first kappa shape index (κ1) is 23.7. The molecule has 7 nitrogen and oxygen atoms in total. The Hall–Kier alpha value is -3.00. The van der Waals surface area contributed by atoms with Gasteiger partial charge in [0.15, 0.2) is 0 Å². The van der Waals surface area contributed by atoms with Crippen molar-refractivity contribution in [3.63, 3.8) is 0 Å². The third-order valence-corrected chi connectivity index (χ3v) is 6.63. The largest absolute Gasteiger partial charge is 0.453 e. The highest BCUT2D eigenvalue weighted by Gasteiger charge is 2.22. The lowest BCUT2D eigenvalue weighted by Crippen LogP contribution is -2.39. The molecule has 0 bridgehead atoms. The summed E-state index contributed by atoms with van der Waals surface area (Å²) < 4.78 is 4.56. The molecule has 0 saturated heterocycles. The van der Waals surface area contributed by atoms with Gasteiger partial charge in [0, 0.05) is 29.4 Å². The first-order valence-corrected chi connectivity index (χ1v) is 11.7. The van der Waals surface area contributed by atoms with Crippen LogP contribution in [0.5, 0.6) is 0 Å². The summed E-state index contributed by atoms with van der Waals surface area (Å²) in [6, 6.07) is 14.3. The van der Waals surface area contributed by atoms with Crippen molar-refractivity contribution in [2.75, 3.05) is 30.5 Å². The van der Waals surface area contributed by atoms with E-state index >= 15 is 0 Å². The van der Waals surface area contributed by atoms with Gasteiger partial charge in [0.2, 0.25) is 5.91 Å². The fourth-order valence-electron chi connectivity index (χ4n) is 3.70. The number of carbonyl (C=O) groups is 3. The Kier molecular flexibility index (Phi) is 8.56. The van der Waals surface area contributed by atoms with Gasteiger partial charge >= 0.3 is 6.09 Å². The highest BCUT2D eigenvalue weighted by atomic mass is 32.2. The number of hydrogen-bond donors (Lipinski definition) is 2. The second-order valence-electron chi connectivity index (χ2n) is 7.73. The minimum absolute atomic E-state index is 0.0887. The summed E-state index contributed by atoms with van der Waals surface area (Å²) >= 11 is 1.38. The molecule has 1 saturated carbocycles. The minimum atomic E-state index is -0.559. The van der Waals surface area contributed by atoms with Crippen molar-refractivity contribution in [3.8, 4) is 0 Å². The molecule has 170 valence electrons. The van der Waals surface area contributed by atoms with Crippen molar-refractivity contribution in [3.05, 3.63) is 54.1 Å². The van der Waals surface area contributed by atoms with Gasteiger partial charge < -0.3 is 15.0 Å². The number of ether oxygens (including phenoxy) is 1. The highest BCUT2D eigenvalue weighted by Crippen LogP contribution is 2.26. The third-order valence-electron chi connectivity index (χ3n) is 5.57. The maximum Gasteiger partial charge on any atom is 0.411 e. The van der Waals surface area contributed by atoms with Gasteiger partial charge in [-0.3, -0.25) is 14.9 Å². The van der Waals surface area contributed by atoms with Crippen LogP contribution in [-0.4, -0.2) is 48.8 Å². The van der Waals surface area contributed by atoms with E-state index in [1.54, 1.807) is 36.4 Å². The van der Waals surface area contributed by atoms with Gasteiger partial charge in [-0.1, -0.05) is 31.4 Å². The molecule has 1 fully saturated rings. The van der Waals surface area contributed by atoms with Crippen LogP contribution in [0.2, 0.25) is 0 Å². The molecule has 0 radical (unpaired) electrons. The molecule has 1 aliphatic carbocycles. The summed E-state index contributed by atoms with van der Waals surface area (Å²) in [5, 5.41) is 5.42. The Bertz CT molecular complexity index is 943. The molecule has 0 aromatic heterocycles. The monoisotopic (exact) mass is 455 g/mol. The lowest BCUT2D eigenvalue weighted by Gasteiger charge is -2.31. The Morgan fingerprint density at radius 2 is 1.59 bits per heavy atom. The summed E-state index contributed by atoms with van der Waals surface area (Å²) in [6.45, 7) is 0. The summed E-state index contributed by atoms with van der Waals surface area (Å²) in [7, 11) is 3.18. The number of anilines is 2. The summed E-state index contributed by atoms with van der Waals surface area (Å²) in [5.41, 5.74) is 1.67. The number of carbonyl (C=O) groups excluding carboxylic acids is 3. The van der Waals surface area contributed by atoms with Crippen molar-refractivity contribution in [1.82, 2.24) is 4.90 Å². The quantitative estimate of drug-likeness (QED) is 0.574. The van der Waals surface area contributed by atoms with E-state index in [0.29, 0.717) is 28.7 Å². The number of amides is 3. The molecular formula is C24H29N3O4S. The number of hydrogen-bond acceptors (Lipinski definition) is 5. The highest BCUT2D eigenvalue weighted by molar-refractivity contribution is 8.00. The Morgan fingerprint density at radius 3 is 2.25 bits per heavy atom. The van der Waals surface area contributed by atoms with E-state index in [2.05, 4.69) is 15.4 Å². The normalized spacial score (nSPS) is 13.8. The minimum Gasteiger partial charge on any atom is -0.453 e. The van der Waals surface area contributed by atoms with E-state index in [9.17, 15) is 14.4 Å². The zero-order chi connectivity index (χ0) is 22.9. The first-order valence-electron chi connectivity index (χ1n) is 10.7. The SMILES string of the molecule is COC(=O)Nc1ccc(NC(=O)c2ccccc2SCC(=O)N(C)C2CCCCC2)cc1. The third kappa shape index (κ3) is 6.50. The topological polar surface area (TPSA) is 87.7 Å². The van der Waals surface area contributed by atoms with Crippen LogP contribution in [0.1, 0.15) is 42.5 Å². The van der Waals surface area contributed by atoms with Crippen LogP contribution in [-0.2, 0) is 9.53 Å². The lowest BCUT2D eigenvalue weighted by atomic mass is 9.94. The molecule has 1 aliphatic rings. The molecule has 2 N–H and O–H groups in total. The molecular weight excluding hydrogens is 426 g/mol. The zero-order valence-corrected chi connectivity index (χ0v) is 19.2. The van der Waals surface area contributed by atoms with Gasteiger partial charge in [0.25, 0.3) is 5.91 Å². The molecule has 3 rings (SSSR count). The number of benzene rings is 2. The maximum atomic E-state index is 12.9. The van der Waals surface area contributed by atoms with E-state index in [-0.39, 0.29) is 11.8 Å². The predicted molar refractivity (Wildman–Crippen MR) is 127 cm³/mol. The number of methoxy groups -OCH3 is 1. The van der Waals surface area contributed by atoms with Crippen molar-refractivity contribution in [2.24, 2.45) is 0 Å². The van der Waals surface area contributed by atoms with E-state index in [1.807, 2.05) is 24.1 Å². The Balaban J connectivity index is 1.59. The van der Waals surface area contributed by atoms with E-state index in [1.165, 1.54) is 38.1 Å². The molecule has 0 unspecified atom stereocenters. The van der Waals surface area contributed by atoms with Crippen molar-refractivity contribution in [2.45, 2.75) is 43.0 Å². The summed E-state index contributed by atoms with van der Waals surface area (Å²) in [6.07, 6.45) is 5.19. The molecule has 2 aromatic carbocycles. The molecule has 3 amide bonds. The molecule has 0 atom stereocenters. The first-order chi connectivity index (χ1) is 15.5. The van der Waals surface area contributed by atoms with Gasteiger partial charge in [0.1, 0.15) is 0 Å². The van der Waals surface area contributed by atoms with Crippen molar-refractivity contribution < 1.29 is 19.1 Å². The van der Waals surface area contributed by atoms with E-state index < -0.39 is 6.09 Å². The number of rotatable bonds is 7. The molecule has 0 spiro atoms. The summed E-state index contributed by atoms with van der Waals surface area (Å²) in [5.74, 6) is 0.131. The number of thioether (sulfide) groups is 1. The molecule has 8 heteroatoms. The average molecular weight is 456 g/mol. The van der Waals surface area contributed by atoms with Crippen molar-refractivity contribution in [1.29, 1.82) is 0 Å². The number of nitrogens with zero attached hydrogens (tertiary/aromatic N) is 1. The average Bonchev–Trinajstić information content (AvgIpc) is 2.83. The van der Waals surface area contributed by atoms with Crippen molar-refractivity contribution >= 4 is 41.0 Å². The molecule has 0 aliphatic heterocycles. The molecule has 2 aromatic rings. The van der Waals surface area contributed by atoms with Crippen LogP contribution in [0, 0.1) is 0 Å². The van der Waals surface area contributed by atoms with Gasteiger partial charge in [0.05, 0.1) is 18.4 Å². The van der Waals surface area contributed by atoms with Crippen LogP contribution in [0.4, 0.5) is 16.2 Å². The van der Waals surface area contributed by atoms with Gasteiger partial charge in [-0.05, 0) is 49.2 Å². The lowest BCUT2D eigenvalue weighted by molar-refractivity contribution is -0.129. The molecule has 0 heterocycles. The second-order valence-corrected chi connectivity index (χ2v) is 8.75. The zero-order valence-electron chi connectivity index (χ0n) is 18.4. The Morgan fingerprint density at radius 1 is 0.969 bits per heavy atom. The fourth-order valence-corrected chi connectivity index (χ4v) is 4.67. The maximum absolute atomic E-state index is 12.9. The van der Waals surface area contributed by atoms with Crippen LogP contribution in [0.15, 0.2) is 53.4 Å². The standard InChI is InChI=1S/C24H29N3O4S/c1-27(19-8-4-3-5-9-19)22(28)16-32-21-11-7-6-10-20(21)23(29)25-17-12-14-18(15-13-17)26-24(30)31-2/h6-7,10-15,19H,3-5,8-9,16H2,1-2H3,(H,25,29)(H,26,30). The number of nitrogens with one attached hydrogen (secondary N) is 2. The predicted octanol–water partition coefficient (Wildman–Crippen LogP) is 5.00.